The SMILES string of the molecule is CNC(=O)c1ccnn1CC(F)(F)F. The van der Waals surface area contributed by atoms with E-state index in [0.29, 0.717) is 4.68 Å². The smallest absolute Gasteiger partial charge is 0.354 e. The topological polar surface area (TPSA) is 46.9 Å². The van der Waals surface area contributed by atoms with Crippen molar-refractivity contribution in [2.75, 3.05) is 7.05 Å². The van der Waals surface area contributed by atoms with E-state index in [1.54, 1.807) is 0 Å². The molecule has 1 heterocycles. The highest BCUT2D eigenvalue weighted by molar-refractivity contribution is 5.92. The first-order chi connectivity index (χ1) is 6.44. The van der Waals surface area contributed by atoms with Crippen LogP contribution in [0.3, 0.4) is 0 Å². The van der Waals surface area contributed by atoms with E-state index in [2.05, 4.69) is 10.4 Å². The van der Waals surface area contributed by atoms with E-state index in [1.165, 1.54) is 13.1 Å². The third kappa shape index (κ3) is 2.48. The van der Waals surface area contributed by atoms with Gasteiger partial charge in [-0.15, -0.1) is 0 Å². The molecule has 0 aliphatic heterocycles. The molecule has 1 aromatic heterocycles. The lowest BCUT2D eigenvalue weighted by molar-refractivity contribution is -0.142. The van der Waals surface area contributed by atoms with Gasteiger partial charge in [0.2, 0.25) is 0 Å². The van der Waals surface area contributed by atoms with E-state index < -0.39 is 18.6 Å². The fourth-order valence-corrected chi connectivity index (χ4v) is 0.949. The number of aromatic nitrogens is 2. The number of alkyl halides is 3. The summed E-state index contributed by atoms with van der Waals surface area (Å²) in [7, 11) is 1.34. The van der Waals surface area contributed by atoms with Gasteiger partial charge in [-0.3, -0.25) is 9.48 Å². The third-order valence-corrected chi connectivity index (χ3v) is 1.51. The molecule has 0 atom stereocenters. The molecule has 0 bridgehead atoms. The van der Waals surface area contributed by atoms with Gasteiger partial charge in [-0.1, -0.05) is 0 Å². The average Bonchev–Trinajstić information content (AvgIpc) is 2.48. The van der Waals surface area contributed by atoms with Crippen LogP contribution in [0.15, 0.2) is 12.3 Å². The maximum Gasteiger partial charge on any atom is 0.408 e. The van der Waals surface area contributed by atoms with Crippen LogP contribution < -0.4 is 5.32 Å². The van der Waals surface area contributed by atoms with Crippen LogP contribution in [0, 0.1) is 0 Å². The number of hydrogen-bond donors (Lipinski definition) is 1. The van der Waals surface area contributed by atoms with Crippen LogP contribution >= 0.6 is 0 Å². The second kappa shape index (κ2) is 3.69. The normalized spacial score (nSPS) is 11.4. The molecule has 0 fully saturated rings. The molecule has 0 saturated heterocycles. The van der Waals surface area contributed by atoms with E-state index in [0.717, 1.165) is 6.20 Å². The van der Waals surface area contributed by atoms with Crippen LogP contribution in [0.4, 0.5) is 13.2 Å². The number of hydrogen-bond acceptors (Lipinski definition) is 2. The molecular weight excluding hydrogens is 199 g/mol. The fraction of sp³-hybridized carbons (Fsp3) is 0.429. The first-order valence-electron chi connectivity index (χ1n) is 3.74. The molecule has 0 aliphatic carbocycles. The first kappa shape index (κ1) is 10.6. The Labute approximate surface area is 77.7 Å². The van der Waals surface area contributed by atoms with Crippen molar-refractivity contribution in [3.63, 3.8) is 0 Å². The zero-order valence-corrected chi connectivity index (χ0v) is 7.30. The fourth-order valence-electron chi connectivity index (χ4n) is 0.949. The minimum absolute atomic E-state index is 0.107. The highest BCUT2D eigenvalue weighted by Gasteiger charge is 2.30. The van der Waals surface area contributed by atoms with Gasteiger partial charge in [0.25, 0.3) is 5.91 Å². The van der Waals surface area contributed by atoms with Crippen molar-refractivity contribution in [3.05, 3.63) is 18.0 Å². The van der Waals surface area contributed by atoms with Crippen LogP contribution in [-0.4, -0.2) is 28.9 Å². The number of halogens is 3. The van der Waals surface area contributed by atoms with Gasteiger partial charge in [0.15, 0.2) is 0 Å². The summed E-state index contributed by atoms with van der Waals surface area (Å²) in [5.74, 6) is -0.591. The Hall–Kier alpha value is -1.53. The Morgan fingerprint density at radius 2 is 2.29 bits per heavy atom. The van der Waals surface area contributed by atoms with Crippen molar-refractivity contribution in [1.29, 1.82) is 0 Å². The van der Waals surface area contributed by atoms with Gasteiger partial charge in [-0.05, 0) is 6.07 Å². The molecule has 0 unspecified atom stereocenters. The summed E-state index contributed by atoms with van der Waals surface area (Å²) in [5.41, 5.74) is -0.107. The molecule has 4 nitrogen and oxygen atoms in total. The highest BCUT2D eigenvalue weighted by atomic mass is 19.4. The average molecular weight is 207 g/mol. The van der Waals surface area contributed by atoms with E-state index in [9.17, 15) is 18.0 Å². The second-order valence-corrected chi connectivity index (χ2v) is 2.57. The lowest BCUT2D eigenvalue weighted by atomic mass is 10.4. The predicted molar refractivity (Wildman–Crippen MR) is 41.7 cm³/mol. The largest absolute Gasteiger partial charge is 0.408 e. The number of nitrogens with zero attached hydrogens (tertiary/aromatic N) is 2. The first-order valence-corrected chi connectivity index (χ1v) is 3.74. The number of rotatable bonds is 2. The van der Waals surface area contributed by atoms with Gasteiger partial charge in [-0.2, -0.15) is 18.3 Å². The summed E-state index contributed by atoms with van der Waals surface area (Å²) < 4.78 is 36.5. The Balaban J connectivity index is 2.88. The van der Waals surface area contributed by atoms with Crippen LogP contribution in [0.2, 0.25) is 0 Å². The molecule has 0 radical (unpaired) electrons. The molecule has 0 saturated carbocycles. The monoisotopic (exact) mass is 207 g/mol. The summed E-state index contributed by atoms with van der Waals surface area (Å²) >= 11 is 0. The summed E-state index contributed by atoms with van der Waals surface area (Å²) in [6, 6.07) is 1.23. The summed E-state index contributed by atoms with van der Waals surface area (Å²) in [4.78, 5) is 11.0. The molecule has 78 valence electrons. The van der Waals surface area contributed by atoms with Crippen LogP contribution in [0.25, 0.3) is 0 Å². The van der Waals surface area contributed by atoms with Crippen molar-refractivity contribution in [3.8, 4) is 0 Å². The molecule has 7 heteroatoms. The Kier molecular flexibility index (Phi) is 2.78. The Morgan fingerprint density at radius 3 is 2.79 bits per heavy atom. The van der Waals surface area contributed by atoms with Gasteiger partial charge in [-0.25, -0.2) is 0 Å². The summed E-state index contributed by atoms with van der Waals surface area (Å²) in [6.07, 6.45) is -3.23. The maximum absolute atomic E-state index is 12.0. The Morgan fingerprint density at radius 1 is 1.64 bits per heavy atom. The standard InChI is InChI=1S/C7H8F3N3O/c1-11-6(14)5-2-3-12-13(5)4-7(8,9)10/h2-3H,4H2,1H3,(H,11,14). The zero-order valence-electron chi connectivity index (χ0n) is 7.30. The van der Waals surface area contributed by atoms with Crippen LogP contribution in [0.5, 0.6) is 0 Å². The molecule has 1 aromatic rings. The van der Waals surface area contributed by atoms with Crippen LogP contribution in [-0.2, 0) is 6.54 Å². The minimum atomic E-state index is -4.38. The van der Waals surface area contributed by atoms with Gasteiger partial charge in [0.05, 0.1) is 0 Å². The van der Waals surface area contributed by atoms with Crippen molar-refractivity contribution < 1.29 is 18.0 Å². The van der Waals surface area contributed by atoms with Crippen molar-refractivity contribution in [2.24, 2.45) is 0 Å². The summed E-state index contributed by atoms with van der Waals surface area (Å²) in [5, 5.41) is 5.63. The number of carbonyl (C=O) groups is 1. The second-order valence-electron chi connectivity index (χ2n) is 2.57. The van der Waals surface area contributed by atoms with Crippen molar-refractivity contribution in [2.45, 2.75) is 12.7 Å². The number of nitrogens with one attached hydrogen (secondary N) is 1. The molecule has 1 N–H and O–H groups in total. The number of amides is 1. The predicted octanol–water partition coefficient (Wildman–Crippen LogP) is 0.805. The summed E-state index contributed by atoms with van der Waals surface area (Å²) in [6.45, 7) is -1.26. The lowest BCUT2D eigenvalue weighted by Gasteiger charge is -2.08. The quantitative estimate of drug-likeness (QED) is 0.779. The van der Waals surface area contributed by atoms with Crippen molar-refractivity contribution in [1.82, 2.24) is 15.1 Å². The number of carbonyl (C=O) groups excluding carboxylic acids is 1. The van der Waals surface area contributed by atoms with Crippen molar-refractivity contribution >= 4 is 5.91 Å². The van der Waals surface area contributed by atoms with E-state index in [1.807, 2.05) is 0 Å². The van der Waals surface area contributed by atoms with E-state index >= 15 is 0 Å². The van der Waals surface area contributed by atoms with Gasteiger partial charge in [0, 0.05) is 13.2 Å². The maximum atomic E-state index is 12.0. The molecule has 0 aromatic carbocycles. The Bertz CT molecular complexity index is 331. The van der Waals surface area contributed by atoms with Gasteiger partial charge in [0.1, 0.15) is 12.2 Å². The van der Waals surface area contributed by atoms with Gasteiger partial charge < -0.3 is 5.32 Å². The third-order valence-electron chi connectivity index (χ3n) is 1.51. The van der Waals surface area contributed by atoms with Gasteiger partial charge >= 0.3 is 6.18 Å². The van der Waals surface area contributed by atoms with E-state index in [-0.39, 0.29) is 5.69 Å². The minimum Gasteiger partial charge on any atom is -0.354 e. The van der Waals surface area contributed by atoms with Crippen LogP contribution in [0.1, 0.15) is 10.5 Å². The molecule has 14 heavy (non-hydrogen) atoms. The lowest BCUT2D eigenvalue weighted by Crippen LogP contribution is -2.26. The molecule has 0 spiro atoms. The zero-order chi connectivity index (χ0) is 10.8. The molecule has 0 aliphatic rings. The molecule has 1 rings (SSSR count). The molecule has 1 amide bonds. The highest BCUT2D eigenvalue weighted by Crippen LogP contribution is 2.17. The van der Waals surface area contributed by atoms with E-state index in [4.69, 9.17) is 0 Å². The molecular formula is C7H8F3N3O.